The first-order valence-corrected chi connectivity index (χ1v) is 27.5. The first kappa shape index (κ1) is 54.1. The molecule has 2 heterocycles. The molecule has 81 heavy (non-hydrogen) atoms. The second-order valence-corrected chi connectivity index (χ2v) is 19.6. The van der Waals surface area contributed by atoms with Crippen LogP contribution in [0.2, 0.25) is 0 Å². The number of hydrogen-bond donors (Lipinski definition) is 0. The molecule has 0 aliphatic heterocycles. The van der Waals surface area contributed by atoms with Gasteiger partial charge in [0, 0.05) is 50.0 Å². The van der Waals surface area contributed by atoms with Gasteiger partial charge in [-0.1, -0.05) is 246 Å². The normalized spacial score (nSPS) is 11.0. The van der Waals surface area contributed by atoms with Gasteiger partial charge in [-0.05, 0) is 149 Å². The van der Waals surface area contributed by atoms with Crippen molar-refractivity contribution in [3.8, 4) is 55.9 Å². The second kappa shape index (κ2) is 25.5. The Kier molecular flexibility index (Phi) is 17.0. The Morgan fingerprint density at radius 2 is 0.642 bits per heavy atom. The van der Waals surface area contributed by atoms with Crippen molar-refractivity contribution in [2.75, 3.05) is 4.90 Å². The Bertz CT molecular complexity index is 4000. The van der Waals surface area contributed by atoms with Gasteiger partial charge >= 0.3 is 0 Å². The summed E-state index contributed by atoms with van der Waals surface area (Å²) in [5.74, 6) is 0. The van der Waals surface area contributed by atoms with Crippen LogP contribution in [-0.4, -0.2) is 9.13 Å². The number of rotatable bonds is 12. The van der Waals surface area contributed by atoms with Crippen molar-refractivity contribution in [1.29, 1.82) is 0 Å². The molecule has 13 aromatic rings. The number of hydrogen-bond acceptors (Lipinski definition) is 1. The molecule has 0 bridgehead atoms. The van der Waals surface area contributed by atoms with Crippen LogP contribution in [0.4, 0.5) is 17.1 Å². The molecule has 394 valence electrons. The van der Waals surface area contributed by atoms with Crippen molar-refractivity contribution in [2.24, 2.45) is 0 Å². The summed E-state index contributed by atoms with van der Waals surface area (Å²) in [6.45, 7) is 11.0. The van der Waals surface area contributed by atoms with Crippen LogP contribution in [0.5, 0.6) is 0 Å². The fourth-order valence-corrected chi connectivity index (χ4v) is 10.8. The lowest BCUT2D eigenvalue weighted by Crippen LogP contribution is -2.09. The molecule has 3 nitrogen and oxygen atoms in total. The van der Waals surface area contributed by atoms with Crippen molar-refractivity contribution in [1.82, 2.24) is 9.13 Å². The highest BCUT2D eigenvalue weighted by atomic mass is 15.1. The van der Waals surface area contributed by atoms with Crippen LogP contribution < -0.4 is 4.90 Å². The SMILES string of the molecule is C.C=C/C=C\C.C=C/C=C\CC.c1ccc(-c2cccc(-c3ccc(N(c4ccc(-c5cccc(-n6c7ccccc7c7ccccc76)c5)cc4)c4ccc(-c5cccc(-n6c7ccccc7c7ccccc76)c5)cc4)cc3)c2)cc1. The molecule has 0 fully saturated rings. The van der Waals surface area contributed by atoms with Crippen molar-refractivity contribution in [3.63, 3.8) is 0 Å². The number of aromatic nitrogens is 2. The van der Waals surface area contributed by atoms with Gasteiger partial charge in [0.25, 0.3) is 0 Å². The summed E-state index contributed by atoms with van der Waals surface area (Å²) in [4.78, 5) is 2.36. The Morgan fingerprint density at radius 1 is 0.333 bits per heavy atom. The van der Waals surface area contributed by atoms with Crippen LogP contribution in [0.25, 0.3) is 99.5 Å². The van der Waals surface area contributed by atoms with Crippen LogP contribution in [0.15, 0.2) is 323 Å². The molecular formula is C78H67N3. The second-order valence-electron chi connectivity index (χ2n) is 19.6. The minimum Gasteiger partial charge on any atom is -0.311 e. The molecule has 0 spiro atoms. The average Bonchev–Trinajstić information content (AvgIpc) is 4.15. The molecule has 0 aliphatic rings. The van der Waals surface area contributed by atoms with E-state index in [1.807, 2.05) is 25.2 Å². The van der Waals surface area contributed by atoms with E-state index in [1.54, 1.807) is 12.2 Å². The summed E-state index contributed by atoms with van der Waals surface area (Å²) in [6.07, 6.45) is 12.5. The number of fused-ring (bicyclic) bond motifs is 6. The standard InChI is InChI=1S/C66H45N3.C6H10.C5H8.CH4/c1-2-15-46(16-3-1)50-17-12-18-51(43-50)47-31-37-54(38-32-47)67(55-39-33-48(34-40-55)52-19-13-21-57(44-52)68-63-27-8-4-23-59(63)60-24-5-9-28-64(60)68)56-41-35-49(36-42-56)53-20-14-22-58(45-53)69-65-29-10-6-25-61(65)62-26-7-11-30-66(62)69;1-3-5-6-4-2;1-3-5-4-2;/h1-45H;3,5-6H,1,4H2,2H3;3-5H,1H2,2H3;1H4/b;6-5-;5-4-;. The molecule has 0 saturated heterocycles. The Hall–Kier alpha value is -10.2. The quantitative estimate of drug-likeness (QED) is 0.111. The third-order valence-corrected chi connectivity index (χ3v) is 14.6. The van der Waals surface area contributed by atoms with Crippen LogP contribution in [0.1, 0.15) is 27.7 Å². The van der Waals surface area contributed by atoms with E-state index >= 15 is 0 Å². The molecule has 2 aromatic heterocycles. The Labute approximate surface area is 478 Å². The molecule has 11 aromatic carbocycles. The van der Waals surface area contributed by atoms with Gasteiger partial charge in [-0.3, -0.25) is 0 Å². The maximum absolute atomic E-state index is 3.51. The molecule has 0 aliphatic carbocycles. The van der Waals surface area contributed by atoms with Crippen LogP contribution >= 0.6 is 0 Å². The number of anilines is 3. The van der Waals surface area contributed by atoms with Crippen molar-refractivity contribution in [2.45, 2.75) is 27.7 Å². The molecular weight excluding hydrogens is 979 g/mol. The summed E-state index contributed by atoms with van der Waals surface area (Å²) in [5, 5.41) is 5.05. The highest BCUT2D eigenvalue weighted by molar-refractivity contribution is 6.10. The average molecular weight is 1050 g/mol. The maximum Gasteiger partial charge on any atom is 0.0541 e. The number of para-hydroxylation sites is 4. The van der Waals surface area contributed by atoms with Crippen LogP contribution in [0.3, 0.4) is 0 Å². The largest absolute Gasteiger partial charge is 0.311 e. The molecule has 0 unspecified atom stereocenters. The van der Waals surface area contributed by atoms with Gasteiger partial charge < -0.3 is 14.0 Å². The van der Waals surface area contributed by atoms with Gasteiger partial charge in [0.1, 0.15) is 0 Å². The van der Waals surface area contributed by atoms with E-state index < -0.39 is 0 Å². The summed E-state index contributed by atoms with van der Waals surface area (Å²) in [6, 6.07) is 99.0. The van der Waals surface area contributed by atoms with E-state index in [-0.39, 0.29) is 7.43 Å². The first-order valence-electron chi connectivity index (χ1n) is 27.5. The van der Waals surface area contributed by atoms with Crippen LogP contribution in [0, 0.1) is 0 Å². The highest BCUT2D eigenvalue weighted by Gasteiger charge is 2.17. The lowest BCUT2D eigenvalue weighted by Gasteiger charge is -2.26. The molecule has 13 rings (SSSR count). The molecule has 0 radical (unpaired) electrons. The Morgan fingerprint density at radius 3 is 0.963 bits per heavy atom. The van der Waals surface area contributed by atoms with Crippen molar-refractivity contribution < 1.29 is 0 Å². The number of nitrogens with zero attached hydrogens (tertiary/aromatic N) is 3. The predicted octanol–water partition coefficient (Wildman–Crippen LogP) is 22.5. The predicted molar refractivity (Wildman–Crippen MR) is 353 cm³/mol. The smallest absolute Gasteiger partial charge is 0.0541 e. The molecule has 3 heteroatoms. The van der Waals surface area contributed by atoms with E-state index in [2.05, 4.69) is 313 Å². The molecule has 0 N–H and O–H groups in total. The van der Waals surface area contributed by atoms with Gasteiger partial charge in [-0.15, -0.1) is 0 Å². The molecule has 0 atom stereocenters. The van der Waals surface area contributed by atoms with E-state index in [9.17, 15) is 0 Å². The monoisotopic (exact) mass is 1050 g/mol. The maximum atomic E-state index is 3.51. The summed E-state index contributed by atoms with van der Waals surface area (Å²) in [5.41, 5.74) is 19.8. The minimum atomic E-state index is 0. The first-order chi connectivity index (χ1) is 39.5. The Balaban J connectivity index is 0.000000562. The third-order valence-electron chi connectivity index (χ3n) is 14.6. The zero-order valence-electron chi connectivity index (χ0n) is 45.4. The topological polar surface area (TPSA) is 13.1 Å². The van der Waals surface area contributed by atoms with Gasteiger partial charge in [0.2, 0.25) is 0 Å². The summed E-state index contributed by atoms with van der Waals surface area (Å²) >= 11 is 0. The lowest BCUT2D eigenvalue weighted by atomic mass is 9.98. The fraction of sp³-hybridized carbons (Fsp3) is 0.0513. The zero-order chi connectivity index (χ0) is 54.6. The fourth-order valence-electron chi connectivity index (χ4n) is 10.8. The molecule has 0 saturated carbocycles. The number of allylic oxidation sites excluding steroid dienone is 6. The van der Waals surface area contributed by atoms with E-state index in [1.165, 1.54) is 77.0 Å². The summed E-state index contributed by atoms with van der Waals surface area (Å²) < 4.78 is 4.77. The molecule has 0 amide bonds. The van der Waals surface area contributed by atoms with Crippen LogP contribution in [-0.2, 0) is 0 Å². The van der Waals surface area contributed by atoms with Crippen molar-refractivity contribution >= 4 is 60.7 Å². The zero-order valence-corrected chi connectivity index (χ0v) is 45.4. The van der Waals surface area contributed by atoms with E-state index in [0.29, 0.717) is 0 Å². The lowest BCUT2D eigenvalue weighted by molar-refractivity contribution is 1.18. The van der Waals surface area contributed by atoms with Gasteiger partial charge in [0.05, 0.1) is 22.1 Å². The minimum absolute atomic E-state index is 0. The highest BCUT2D eigenvalue weighted by Crippen LogP contribution is 2.40. The van der Waals surface area contributed by atoms with E-state index in [4.69, 9.17) is 0 Å². The summed E-state index contributed by atoms with van der Waals surface area (Å²) in [7, 11) is 0. The van der Waals surface area contributed by atoms with Gasteiger partial charge in [0.15, 0.2) is 0 Å². The van der Waals surface area contributed by atoms with Gasteiger partial charge in [-0.25, -0.2) is 0 Å². The number of benzene rings is 11. The van der Waals surface area contributed by atoms with Gasteiger partial charge in [-0.2, -0.15) is 0 Å². The third kappa shape index (κ3) is 11.5. The van der Waals surface area contributed by atoms with E-state index in [0.717, 1.165) is 46.0 Å². The van der Waals surface area contributed by atoms with Crippen molar-refractivity contribution in [3.05, 3.63) is 323 Å².